The number of benzene rings is 2. The fourth-order valence-corrected chi connectivity index (χ4v) is 2.82. The van der Waals surface area contributed by atoms with E-state index in [0.717, 1.165) is 38.1 Å². The fourth-order valence-electron chi connectivity index (χ4n) is 1.96. The molecule has 0 aromatic heterocycles. The monoisotopic (exact) mass is 413 g/mol. The zero-order valence-electron chi connectivity index (χ0n) is 12.0. The van der Waals surface area contributed by atoms with E-state index in [1.165, 1.54) is 0 Å². The maximum absolute atomic E-state index is 5.91. The maximum atomic E-state index is 5.91. The van der Waals surface area contributed by atoms with Gasteiger partial charge >= 0.3 is 0 Å². The van der Waals surface area contributed by atoms with Crippen LogP contribution in [0.4, 0.5) is 0 Å². The van der Waals surface area contributed by atoms with Gasteiger partial charge < -0.3 is 14.8 Å². The summed E-state index contributed by atoms with van der Waals surface area (Å²) < 4.78 is 13.3. The molecule has 3 nitrogen and oxygen atoms in total. The zero-order chi connectivity index (χ0) is 15.2. The van der Waals surface area contributed by atoms with E-state index in [-0.39, 0.29) is 0 Å². The van der Waals surface area contributed by atoms with Crippen molar-refractivity contribution in [3.63, 3.8) is 0 Å². The molecule has 0 saturated heterocycles. The van der Waals surface area contributed by atoms with Gasteiger partial charge in [0.25, 0.3) is 0 Å². The summed E-state index contributed by atoms with van der Waals surface area (Å²) in [6.07, 6.45) is 0. The van der Waals surface area contributed by atoms with Gasteiger partial charge in [0, 0.05) is 11.0 Å². The Morgan fingerprint density at radius 3 is 2.38 bits per heavy atom. The first-order valence-electron chi connectivity index (χ1n) is 6.52. The molecule has 0 saturated carbocycles. The average molecular weight is 415 g/mol. The van der Waals surface area contributed by atoms with Crippen molar-refractivity contribution < 1.29 is 9.47 Å². The van der Waals surface area contributed by atoms with E-state index >= 15 is 0 Å². The minimum Gasteiger partial charge on any atom is -0.493 e. The van der Waals surface area contributed by atoms with Crippen molar-refractivity contribution in [2.24, 2.45) is 0 Å². The lowest BCUT2D eigenvalue weighted by Crippen LogP contribution is -2.06. The van der Waals surface area contributed by atoms with Crippen LogP contribution in [-0.2, 0) is 13.2 Å². The zero-order valence-corrected chi connectivity index (χ0v) is 15.1. The fraction of sp³-hybridized carbons (Fsp3) is 0.250. The lowest BCUT2D eigenvalue weighted by Gasteiger charge is -2.14. The Morgan fingerprint density at radius 1 is 1.05 bits per heavy atom. The summed E-state index contributed by atoms with van der Waals surface area (Å²) >= 11 is 6.98. The van der Waals surface area contributed by atoms with Gasteiger partial charge in [-0.3, -0.25) is 0 Å². The van der Waals surface area contributed by atoms with Crippen molar-refractivity contribution in [1.29, 1.82) is 0 Å². The van der Waals surface area contributed by atoms with E-state index in [4.69, 9.17) is 9.47 Å². The van der Waals surface area contributed by atoms with Gasteiger partial charge in [0.15, 0.2) is 11.5 Å². The highest BCUT2D eigenvalue weighted by atomic mass is 79.9. The summed E-state index contributed by atoms with van der Waals surface area (Å²) in [5, 5.41) is 3.12. The number of nitrogens with one attached hydrogen (secondary N) is 1. The van der Waals surface area contributed by atoms with Crippen LogP contribution in [0.2, 0.25) is 0 Å². The molecule has 2 rings (SSSR count). The summed E-state index contributed by atoms with van der Waals surface area (Å²) in [7, 11) is 3.57. The topological polar surface area (TPSA) is 30.5 Å². The Balaban J connectivity index is 2.16. The molecule has 2 aromatic rings. The molecule has 21 heavy (non-hydrogen) atoms. The number of rotatable bonds is 6. The van der Waals surface area contributed by atoms with Crippen LogP contribution >= 0.6 is 31.9 Å². The minimum atomic E-state index is 0.494. The SMILES string of the molecule is CNCc1cc(Br)c(OCc2ccc(Br)cc2)c(OC)c1. The Morgan fingerprint density at radius 2 is 1.76 bits per heavy atom. The summed E-state index contributed by atoms with van der Waals surface area (Å²) in [6, 6.07) is 12.1. The van der Waals surface area contributed by atoms with E-state index in [1.807, 2.05) is 43.4 Å². The van der Waals surface area contributed by atoms with Crippen molar-refractivity contribution in [2.75, 3.05) is 14.2 Å². The number of halogens is 2. The number of ether oxygens (including phenoxy) is 2. The van der Waals surface area contributed by atoms with Crippen molar-refractivity contribution in [1.82, 2.24) is 5.32 Å². The molecule has 112 valence electrons. The lowest BCUT2D eigenvalue weighted by atomic mass is 10.2. The van der Waals surface area contributed by atoms with E-state index in [2.05, 4.69) is 37.2 Å². The molecular formula is C16H17Br2NO2. The van der Waals surface area contributed by atoms with Crippen LogP contribution in [-0.4, -0.2) is 14.2 Å². The third kappa shape index (κ3) is 4.46. The first-order chi connectivity index (χ1) is 10.1. The van der Waals surface area contributed by atoms with Gasteiger partial charge in [0.1, 0.15) is 6.61 Å². The predicted octanol–water partition coefficient (Wildman–Crippen LogP) is 4.52. The van der Waals surface area contributed by atoms with Crippen LogP contribution in [0.15, 0.2) is 45.3 Å². The van der Waals surface area contributed by atoms with Gasteiger partial charge in [-0.2, -0.15) is 0 Å². The second-order valence-electron chi connectivity index (χ2n) is 4.55. The van der Waals surface area contributed by atoms with E-state index < -0.39 is 0 Å². The van der Waals surface area contributed by atoms with Gasteiger partial charge in [-0.05, 0) is 58.4 Å². The predicted molar refractivity (Wildman–Crippen MR) is 91.9 cm³/mol. The van der Waals surface area contributed by atoms with Crippen molar-refractivity contribution in [2.45, 2.75) is 13.2 Å². The number of methoxy groups -OCH3 is 1. The van der Waals surface area contributed by atoms with Crippen LogP contribution in [0.3, 0.4) is 0 Å². The molecule has 0 aliphatic heterocycles. The molecule has 0 bridgehead atoms. The Kier molecular flexibility index (Phi) is 6.08. The number of hydrogen-bond donors (Lipinski definition) is 1. The Labute approximate surface area is 141 Å². The smallest absolute Gasteiger partial charge is 0.175 e. The van der Waals surface area contributed by atoms with Gasteiger partial charge in [0.2, 0.25) is 0 Å². The highest BCUT2D eigenvalue weighted by Gasteiger charge is 2.11. The first kappa shape index (κ1) is 16.3. The summed E-state index contributed by atoms with van der Waals surface area (Å²) in [6.45, 7) is 1.27. The molecular weight excluding hydrogens is 398 g/mol. The molecule has 5 heteroatoms. The molecule has 0 heterocycles. The van der Waals surface area contributed by atoms with Crippen LogP contribution in [0.25, 0.3) is 0 Å². The maximum Gasteiger partial charge on any atom is 0.175 e. The quantitative estimate of drug-likeness (QED) is 0.753. The molecule has 0 amide bonds. The summed E-state index contributed by atoms with van der Waals surface area (Å²) in [5.74, 6) is 1.45. The molecule has 0 atom stereocenters. The molecule has 0 spiro atoms. The summed E-state index contributed by atoms with van der Waals surface area (Å²) in [4.78, 5) is 0. The molecule has 1 N–H and O–H groups in total. The van der Waals surface area contributed by atoms with Crippen molar-refractivity contribution >= 4 is 31.9 Å². The average Bonchev–Trinajstić information content (AvgIpc) is 2.47. The number of hydrogen-bond acceptors (Lipinski definition) is 3. The largest absolute Gasteiger partial charge is 0.493 e. The minimum absolute atomic E-state index is 0.494. The Hall–Kier alpha value is -1.04. The van der Waals surface area contributed by atoms with Gasteiger partial charge in [-0.25, -0.2) is 0 Å². The first-order valence-corrected chi connectivity index (χ1v) is 8.11. The highest BCUT2D eigenvalue weighted by molar-refractivity contribution is 9.10. The standard InChI is InChI=1S/C16H17Br2NO2/c1-19-9-12-7-14(18)16(15(8-12)20-2)21-10-11-3-5-13(17)6-4-11/h3-8,19H,9-10H2,1-2H3. The highest BCUT2D eigenvalue weighted by Crippen LogP contribution is 2.37. The molecule has 0 aliphatic carbocycles. The van der Waals surface area contributed by atoms with E-state index in [1.54, 1.807) is 7.11 Å². The Bertz CT molecular complexity index is 600. The van der Waals surface area contributed by atoms with Crippen molar-refractivity contribution in [3.05, 3.63) is 56.5 Å². The third-order valence-electron chi connectivity index (χ3n) is 2.97. The summed E-state index contributed by atoms with van der Waals surface area (Å²) in [5.41, 5.74) is 2.24. The van der Waals surface area contributed by atoms with E-state index in [0.29, 0.717) is 6.61 Å². The third-order valence-corrected chi connectivity index (χ3v) is 4.08. The molecule has 0 radical (unpaired) electrons. The van der Waals surface area contributed by atoms with Crippen LogP contribution in [0.5, 0.6) is 11.5 Å². The van der Waals surface area contributed by atoms with Gasteiger partial charge in [-0.15, -0.1) is 0 Å². The van der Waals surface area contributed by atoms with Gasteiger partial charge in [0.05, 0.1) is 11.6 Å². The molecule has 0 fully saturated rings. The molecule has 0 aliphatic rings. The van der Waals surface area contributed by atoms with Crippen LogP contribution in [0.1, 0.15) is 11.1 Å². The lowest BCUT2D eigenvalue weighted by molar-refractivity contribution is 0.282. The second kappa shape index (κ2) is 7.82. The normalized spacial score (nSPS) is 10.5. The second-order valence-corrected chi connectivity index (χ2v) is 6.32. The molecule has 2 aromatic carbocycles. The van der Waals surface area contributed by atoms with Crippen molar-refractivity contribution in [3.8, 4) is 11.5 Å². The van der Waals surface area contributed by atoms with Crippen LogP contribution < -0.4 is 14.8 Å². The van der Waals surface area contributed by atoms with Crippen LogP contribution in [0, 0.1) is 0 Å². The van der Waals surface area contributed by atoms with E-state index in [9.17, 15) is 0 Å². The van der Waals surface area contributed by atoms with Gasteiger partial charge in [-0.1, -0.05) is 28.1 Å². The molecule has 0 unspecified atom stereocenters.